The highest BCUT2D eigenvalue weighted by Gasteiger charge is 2.28. The molecule has 1 amide bonds. The molecule has 0 bridgehead atoms. The van der Waals surface area contributed by atoms with E-state index < -0.39 is 0 Å². The first kappa shape index (κ1) is 17.8. The largest absolute Gasteiger partial charge is 0.494 e. The third kappa shape index (κ3) is 4.96. The number of carbonyl (C=O) groups excluding carboxylic acids is 1. The maximum Gasteiger partial charge on any atom is 0.237 e. The molecule has 0 radical (unpaired) electrons. The average molecular weight is 318 g/mol. The van der Waals surface area contributed by atoms with Gasteiger partial charge in [-0.3, -0.25) is 9.69 Å². The number of likely N-dealkylation sites (tertiary alicyclic amines) is 1. The van der Waals surface area contributed by atoms with Crippen LogP contribution in [-0.4, -0.2) is 36.5 Å². The Kier molecular flexibility index (Phi) is 6.90. The second-order valence-electron chi connectivity index (χ2n) is 6.28. The SMILES string of the molecule is CCCN1CCCCC1C(=O)NC(C)c1ccc(OCC)cc1. The van der Waals surface area contributed by atoms with Crippen molar-refractivity contribution in [3.8, 4) is 5.75 Å². The second kappa shape index (κ2) is 8.92. The first-order valence-electron chi connectivity index (χ1n) is 8.92. The number of piperidine rings is 1. The van der Waals surface area contributed by atoms with Crippen LogP contribution in [-0.2, 0) is 4.79 Å². The number of benzene rings is 1. The zero-order valence-electron chi connectivity index (χ0n) is 14.7. The molecule has 23 heavy (non-hydrogen) atoms. The Hall–Kier alpha value is -1.55. The summed E-state index contributed by atoms with van der Waals surface area (Å²) in [6, 6.07) is 8.04. The molecule has 1 heterocycles. The van der Waals surface area contributed by atoms with Crippen molar-refractivity contribution in [1.29, 1.82) is 0 Å². The van der Waals surface area contributed by atoms with Crippen LogP contribution >= 0.6 is 0 Å². The van der Waals surface area contributed by atoms with Crippen molar-refractivity contribution in [2.45, 2.75) is 58.5 Å². The minimum atomic E-state index is 0.0172. The van der Waals surface area contributed by atoms with Gasteiger partial charge in [0.1, 0.15) is 5.75 Å². The molecule has 4 nitrogen and oxygen atoms in total. The summed E-state index contributed by atoms with van der Waals surface area (Å²) in [7, 11) is 0. The van der Waals surface area contributed by atoms with Crippen molar-refractivity contribution in [3.63, 3.8) is 0 Å². The molecule has 1 fully saturated rings. The van der Waals surface area contributed by atoms with Crippen molar-refractivity contribution in [2.24, 2.45) is 0 Å². The standard InChI is InChI=1S/C19H30N2O2/c1-4-13-21-14-7-6-8-18(21)19(22)20-15(3)16-9-11-17(12-10-16)23-5-2/h9-12,15,18H,4-8,13-14H2,1-3H3,(H,20,22). The van der Waals surface area contributed by atoms with Crippen LogP contribution in [0.15, 0.2) is 24.3 Å². The van der Waals surface area contributed by atoms with Gasteiger partial charge in [-0.25, -0.2) is 0 Å². The minimum absolute atomic E-state index is 0.0172. The molecular weight excluding hydrogens is 288 g/mol. The van der Waals surface area contributed by atoms with E-state index in [1.54, 1.807) is 0 Å². The third-order valence-electron chi connectivity index (χ3n) is 4.48. The molecule has 1 saturated heterocycles. The molecule has 1 aliphatic rings. The van der Waals surface area contributed by atoms with Gasteiger partial charge in [-0.1, -0.05) is 25.5 Å². The molecule has 2 rings (SSSR count). The number of hydrogen-bond acceptors (Lipinski definition) is 3. The molecule has 0 spiro atoms. The Bertz CT molecular complexity index is 485. The fourth-order valence-corrected chi connectivity index (χ4v) is 3.26. The van der Waals surface area contributed by atoms with E-state index in [1.165, 1.54) is 6.42 Å². The molecule has 0 saturated carbocycles. The van der Waals surface area contributed by atoms with Gasteiger partial charge in [0.15, 0.2) is 0 Å². The number of hydrogen-bond donors (Lipinski definition) is 1. The number of nitrogens with zero attached hydrogens (tertiary/aromatic N) is 1. The highest BCUT2D eigenvalue weighted by molar-refractivity contribution is 5.82. The van der Waals surface area contributed by atoms with Gasteiger partial charge >= 0.3 is 0 Å². The van der Waals surface area contributed by atoms with E-state index in [4.69, 9.17) is 4.74 Å². The highest BCUT2D eigenvalue weighted by atomic mass is 16.5. The summed E-state index contributed by atoms with van der Waals surface area (Å²) in [6.07, 6.45) is 4.42. The Morgan fingerprint density at radius 3 is 2.70 bits per heavy atom. The lowest BCUT2D eigenvalue weighted by Gasteiger charge is -2.35. The van der Waals surface area contributed by atoms with Gasteiger partial charge in [-0.15, -0.1) is 0 Å². The van der Waals surface area contributed by atoms with E-state index in [9.17, 15) is 4.79 Å². The molecule has 1 aromatic rings. The summed E-state index contributed by atoms with van der Waals surface area (Å²) in [5, 5.41) is 3.18. The van der Waals surface area contributed by atoms with Crippen LogP contribution in [0.4, 0.5) is 0 Å². The summed E-state index contributed by atoms with van der Waals surface area (Å²) >= 11 is 0. The maximum absolute atomic E-state index is 12.7. The van der Waals surface area contributed by atoms with E-state index in [-0.39, 0.29) is 18.0 Å². The lowest BCUT2D eigenvalue weighted by molar-refractivity contribution is -0.128. The van der Waals surface area contributed by atoms with Gasteiger partial charge in [-0.05, 0) is 63.9 Å². The third-order valence-corrected chi connectivity index (χ3v) is 4.48. The molecule has 4 heteroatoms. The zero-order valence-corrected chi connectivity index (χ0v) is 14.7. The van der Waals surface area contributed by atoms with Gasteiger partial charge in [0.25, 0.3) is 0 Å². The fourth-order valence-electron chi connectivity index (χ4n) is 3.26. The van der Waals surface area contributed by atoms with Crippen LogP contribution in [0.25, 0.3) is 0 Å². The van der Waals surface area contributed by atoms with Crippen LogP contribution in [0.3, 0.4) is 0 Å². The van der Waals surface area contributed by atoms with E-state index in [2.05, 4.69) is 17.1 Å². The van der Waals surface area contributed by atoms with Crippen molar-refractivity contribution >= 4 is 5.91 Å². The molecule has 2 unspecified atom stereocenters. The minimum Gasteiger partial charge on any atom is -0.494 e. The van der Waals surface area contributed by atoms with Crippen LogP contribution in [0.2, 0.25) is 0 Å². The van der Waals surface area contributed by atoms with Crippen molar-refractivity contribution < 1.29 is 9.53 Å². The zero-order chi connectivity index (χ0) is 16.7. The lowest BCUT2D eigenvalue weighted by atomic mass is 10.00. The van der Waals surface area contributed by atoms with Crippen molar-refractivity contribution in [1.82, 2.24) is 10.2 Å². The monoisotopic (exact) mass is 318 g/mol. The van der Waals surface area contributed by atoms with Crippen LogP contribution in [0, 0.1) is 0 Å². The van der Waals surface area contributed by atoms with Crippen molar-refractivity contribution in [2.75, 3.05) is 19.7 Å². The molecule has 2 atom stereocenters. The molecule has 1 N–H and O–H groups in total. The Labute approximate surface area is 140 Å². The second-order valence-corrected chi connectivity index (χ2v) is 6.28. The van der Waals surface area contributed by atoms with Gasteiger partial charge < -0.3 is 10.1 Å². The quantitative estimate of drug-likeness (QED) is 0.836. The predicted molar refractivity (Wildman–Crippen MR) is 93.7 cm³/mol. The van der Waals surface area contributed by atoms with Crippen LogP contribution < -0.4 is 10.1 Å². The van der Waals surface area contributed by atoms with E-state index in [0.29, 0.717) is 6.61 Å². The first-order chi connectivity index (χ1) is 11.2. The normalized spacial score (nSPS) is 20.0. The lowest BCUT2D eigenvalue weighted by Crippen LogP contribution is -2.50. The number of amides is 1. The molecule has 128 valence electrons. The molecule has 1 aliphatic heterocycles. The smallest absolute Gasteiger partial charge is 0.237 e. The summed E-state index contributed by atoms with van der Waals surface area (Å²) < 4.78 is 5.46. The summed E-state index contributed by atoms with van der Waals surface area (Å²) in [5.74, 6) is 1.04. The first-order valence-corrected chi connectivity index (χ1v) is 8.92. The number of rotatable bonds is 7. The summed E-state index contributed by atoms with van der Waals surface area (Å²) in [4.78, 5) is 15.0. The Morgan fingerprint density at radius 2 is 2.04 bits per heavy atom. The fraction of sp³-hybridized carbons (Fsp3) is 0.632. The molecule has 1 aromatic carbocycles. The topological polar surface area (TPSA) is 41.6 Å². The van der Waals surface area contributed by atoms with Crippen molar-refractivity contribution in [3.05, 3.63) is 29.8 Å². The van der Waals surface area contributed by atoms with E-state index in [0.717, 1.165) is 43.7 Å². The number of carbonyl (C=O) groups is 1. The number of nitrogens with one attached hydrogen (secondary N) is 1. The van der Waals surface area contributed by atoms with Gasteiger partial charge in [-0.2, -0.15) is 0 Å². The van der Waals surface area contributed by atoms with Crippen LogP contribution in [0.1, 0.15) is 58.1 Å². The van der Waals surface area contributed by atoms with E-state index >= 15 is 0 Å². The van der Waals surface area contributed by atoms with Gasteiger partial charge in [0.2, 0.25) is 5.91 Å². The summed E-state index contributed by atoms with van der Waals surface area (Å²) in [5.41, 5.74) is 1.11. The van der Waals surface area contributed by atoms with Gasteiger partial charge in [0.05, 0.1) is 18.7 Å². The van der Waals surface area contributed by atoms with E-state index in [1.807, 2.05) is 38.1 Å². The Morgan fingerprint density at radius 1 is 1.30 bits per heavy atom. The van der Waals surface area contributed by atoms with Crippen LogP contribution in [0.5, 0.6) is 5.75 Å². The molecule has 0 aromatic heterocycles. The maximum atomic E-state index is 12.7. The molecular formula is C19H30N2O2. The average Bonchev–Trinajstić information content (AvgIpc) is 2.56. The Balaban J connectivity index is 1.95. The van der Waals surface area contributed by atoms with Gasteiger partial charge in [0, 0.05) is 0 Å². The predicted octanol–water partition coefficient (Wildman–Crippen LogP) is 3.53. The highest BCUT2D eigenvalue weighted by Crippen LogP contribution is 2.21. The summed E-state index contributed by atoms with van der Waals surface area (Å²) in [6.45, 7) is 8.91. The molecule has 0 aliphatic carbocycles. The number of ether oxygens (including phenoxy) is 1.